The monoisotopic (exact) mass is 1070 g/mol. The molecule has 0 spiro atoms. The summed E-state index contributed by atoms with van der Waals surface area (Å²) in [4.78, 5) is 42.7. The number of non-ortho nitro benzene ring substituents is 1. The van der Waals surface area contributed by atoms with E-state index in [0.29, 0.717) is 119 Å². The Morgan fingerprint density at radius 1 is 0.842 bits per heavy atom. The Hall–Kier alpha value is -3.74. The summed E-state index contributed by atoms with van der Waals surface area (Å²) in [6.45, 7) is 22.4. The number of fused-ring (bicyclic) bond motifs is 2. The van der Waals surface area contributed by atoms with Crippen LogP contribution < -0.4 is 22.5 Å². The molecule has 2 aromatic rings. The number of ether oxygens (including phenoxy) is 3. The number of rotatable bonds is 39. The summed E-state index contributed by atoms with van der Waals surface area (Å²) < 4.78 is 25.2. The van der Waals surface area contributed by atoms with Crippen molar-refractivity contribution in [2.24, 2.45) is 57.6 Å². The van der Waals surface area contributed by atoms with Crippen molar-refractivity contribution in [1.29, 1.82) is 0 Å². The molecule has 3 aliphatic rings. The topological polar surface area (TPSA) is 240 Å². The molecule has 0 radical (unpaired) electrons. The molecular weight excluding hydrogens is 963 g/mol. The molecule has 3 fully saturated rings. The third-order valence-corrected chi connectivity index (χ3v) is 18.2. The number of nitrogens with two attached hydrogens (primary N) is 3. The number of benzene rings is 1. The first-order valence-electron chi connectivity index (χ1n) is 30.1. The Bertz CT molecular complexity index is 2020. The number of hydrogen-bond acceptors (Lipinski definition) is 14. The number of unbranched alkanes of at least 4 members (excludes halogenated alkanes) is 7. The van der Waals surface area contributed by atoms with E-state index in [9.17, 15) is 19.7 Å². The van der Waals surface area contributed by atoms with Gasteiger partial charge in [0.05, 0.1) is 28.9 Å². The van der Waals surface area contributed by atoms with Gasteiger partial charge in [-0.3, -0.25) is 19.7 Å². The highest BCUT2D eigenvalue weighted by Crippen LogP contribution is 2.66. The molecule has 3 saturated carbocycles. The molecule has 7 N–H and O–H groups in total. The average Bonchev–Trinajstić information content (AvgIpc) is 4.16. The van der Waals surface area contributed by atoms with Crippen LogP contribution in [0.25, 0.3) is 11.0 Å². The van der Waals surface area contributed by atoms with E-state index in [1.807, 2.05) is 4.90 Å². The Morgan fingerprint density at radius 3 is 2.21 bits per heavy atom. The van der Waals surface area contributed by atoms with Crippen LogP contribution in [0.5, 0.6) is 0 Å². The first-order chi connectivity index (χ1) is 36.8. The molecule has 1 heterocycles. The smallest absolute Gasteiger partial charge is 0.300 e. The molecule has 5 rings (SSSR count). The van der Waals surface area contributed by atoms with Crippen molar-refractivity contribution in [3.63, 3.8) is 0 Å². The number of carbonyl (C=O) groups excluding carboxylic acids is 2. The van der Waals surface area contributed by atoms with Crippen molar-refractivity contribution in [1.82, 2.24) is 20.1 Å². The fourth-order valence-electron chi connectivity index (χ4n) is 14.0. The van der Waals surface area contributed by atoms with Crippen LogP contribution in [0.4, 0.5) is 11.4 Å². The molecule has 0 bridgehead atoms. The van der Waals surface area contributed by atoms with Gasteiger partial charge < -0.3 is 46.5 Å². The minimum absolute atomic E-state index is 0.00434. The van der Waals surface area contributed by atoms with Crippen LogP contribution in [0.2, 0.25) is 0 Å². The van der Waals surface area contributed by atoms with Crippen LogP contribution in [-0.4, -0.2) is 127 Å². The van der Waals surface area contributed by atoms with Gasteiger partial charge in [-0.25, -0.2) is 4.63 Å². The van der Waals surface area contributed by atoms with Gasteiger partial charge in [0, 0.05) is 63.9 Å². The second-order valence-corrected chi connectivity index (χ2v) is 23.3. The van der Waals surface area contributed by atoms with Gasteiger partial charge in [0.2, 0.25) is 17.3 Å². The van der Waals surface area contributed by atoms with Gasteiger partial charge >= 0.3 is 5.69 Å². The van der Waals surface area contributed by atoms with Gasteiger partial charge in [-0.1, -0.05) is 79.2 Å². The Morgan fingerprint density at radius 2 is 1.51 bits per heavy atom. The van der Waals surface area contributed by atoms with Crippen molar-refractivity contribution >= 4 is 34.2 Å². The van der Waals surface area contributed by atoms with E-state index in [2.05, 4.69) is 56.8 Å². The van der Waals surface area contributed by atoms with Gasteiger partial charge in [0.1, 0.15) is 6.54 Å². The van der Waals surface area contributed by atoms with Gasteiger partial charge in [0.15, 0.2) is 5.52 Å². The van der Waals surface area contributed by atoms with Gasteiger partial charge in [-0.15, -0.1) is 6.58 Å². The number of carbonyl (C=O) groups is 2. The summed E-state index contributed by atoms with van der Waals surface area (Å²) in [5, 5.41) is 22.2. The summed E-state index contributed by atoms with van der Waals surface area (Å²) in [6, 6.07) is 3.00. The zero-order chi connectivity index (χ0) is 54.9. The maximum atomic E-state index is 14.4. The largest absolute Gasteiger partial charge is 0.383 e. The summed E-state index contributed by atoms with van der Waals surface area (Å²) >= 11 is 0. The van der Waals surface area contributed by atoms with E-state index in [1.165, 1.54) is 31.7 Å². The predicted molar refractivity (Wildman–Crippen MR) is 304 cm³/mol. The van der Waals surface area contributed by atoms with Crippen molar-refractivity contribution in [3.05, 3.63) is 34.9 Å². The lowest BCUT2D eigenvalue weighted by atomic mass is 9.48. The number of nitrogens with one attached hydrogen (secondary N) is 1. The van der Waals surface area contributed by atoms with Gasteiger partial charge in [0.25, 0.3) is 0 Å². The molecule has 0 aliphatic heterocycles. The molecule has 1 unspecified atom stereocenters. The second kappa shape index (κ2) is 33.0. The lowest BCUT2D eigenvalue weighted by Gasteiger charge is -2.60. The minimum atomic E-state index is -0.508. The van der Waals surface area contributed by atoms with Crippen LogP contribution in [0.1, 0.15) is 182 Å². The predicted octanol–water partition coefficient (Wildman–Crippen LogP) is 10.6. The van der Waals surface area contributed by atoms with Gasteiger partial charge in [-0.2, -0.15) is 0 Å². The number of aromatic nitrogens is 2. The first-order valence-corrected chi connectivity index (χ1v) is 30.1. The molecule has 0 saturated heterocycles. The molecule has 3 aliphatic carbocycles. The molecule has 1 aromatic carbocycles. The second-order valence-electron chi connectivity index (χ2n) is 23.3. The maximum absolute atomic E-state index is 14.4. The highest BCUT2D eigenvalue weighted by molar-refractivity contribution is 5.93. The molecule has 17 heteroatoms. The highest BCUT2D eigenvalue weighted by atomic mass is 16.6. The number of hydrogen-bond donors (Lipinski definition) is 4. The van der Waals surface area contributed by atoms with E-state index in [1.54, 1.807) is 17.0 Å². The fraction of sp³-hybridized carbons (Fsp3) is 0.831. The minimum Gasteiger partial charge on any atom is -0.383 e. The Balaban J connectivity index is 1.24. The quantitative estimate of drug-likeness (QED) is 0.0211. The lowest BCUT2D eigenvalue weighted by molar-refractivity contribution is -0.383. The van der Waals surface area contributed by atoms with Crippen molar-refractivity contribution in [3.8, 4) is 0 Å². The van der Waals surface area contributed by atoms with Crippen LogP contribution in [0.3, 0.4) is 0 Å². The van der Waals surface area contributed by atoms with Crippen LogP contribution in [-0.2, 0) is 23.8 Å². The molecule has 432 valence electrons. The summed E-state index contributed by atoms with van der Waals surface area (Å²) in [6.07, 6.45) is 25.0. The van der Waals surface area contributed by atoms with Crippen molar-refractivity contribution in [2.75, 3.05) is 77.5 Å². The van der Waals surface area contributed by atoms with E-state index in [4.69, 9.17) is 36.0 Å². The normalized spacial score (nSPS) is 25.3. The Labute approximate surface area is 456 Å². The molecular formula is C59H103N9O8. The fourth-order valence-corrected chi connectivity index (χ4v) is 14.0. The SMILES string of the molecule is C=CCN(CC(=O)N(CCCCCCCC)CCC[C@@H](C)[C@H]1CC[C@H]2C([C@@H](CC)OCCCN)[C@@H](C3(C)CCC(OCCCN)CC3)C[C@H](OCCCN)[C@]12C)C(=O)CCCCCNc1ccc([N+](=O)[O-])c2nonc12. The highest BCUT2D eigenvalue weighted by Gasteiger charge is 2.63. The van der Waals surface area contributed by atoms with E-state index in [-0.39, 0.29) is 52.6 Å². The zero-order valence-corrected chi connectivity index (χ0v) is 47.8. The van der Waals surface area contributed by atoms with Crippen molar-refractivity contribution in [2.45, 2.75) is 201 Å². The first kappa shape index (κ1) is 63.1. The standard InChI is InChI=1S/C59H103N9O8/c1-7-10-11-12-13-17-37-66(54(70)43-67(36-8-2)53(69)23-15-14-16-35-63-49-26-27-50(68(71)72)57-56(49)64-76-65-57)38-18-22-44(4)46-24-25-47-55(51(9-3)74-40-20-33-61)48(42-52(59(46,47)6)75-41-21-34-62)58(5)30-28-45(29-31-58)73-39-19-32-60/h8,26-27,44-48,51-52,55,63H,2,7,9-25,28-43,60-62H2,1,3-6H3/t44-,45?,46-,47+,48+,51-,52+,55?,58?,59-/m1/s1. The average molecular weight is 1070 g/mol. The van der Waals surface area contributed by atoms with Crippen molar-refractivity contribution < 1.29 is 33.4 Å². The van der Waals surface area contributed by atoms with E-state index in [0.717, 1.165) is 116 Å². The molecule has 8 atom stereocenters. The Kier molecular flexibility index (Phi) is 27.4. The van der Waals surface area contributed by atoms with Crippen LogP contribution in [0.15, 0.2) is 29.4 Å². The van der Waals surface area contributed by atoms with Crippen LogP contribution in [0, 0.1) is 50.5 Å². The summed E-state index contributed by atoms with van der Waals surface area (Å²) in [5.41, 5.74) is 18.9. The number of nitro groups is 1. The summed E-state index contributed by atoms with van der Waals surface area (Å²) in [5.74, 6) is 2.19. The molecule has 17 nitrogen and oxygen atoms in total. The van der Waals surface area contributed by atoms with E-state index < -0.39 is 4.92 Å². The lowest BCUT2D eigenvalue weighted by Crippen LogP contribution is -2.59. The number of nitrogens with zero attached hydrogens (tertiary/aromatic N) is 5. The number of anilines is 1. The number of nitro benzene ring substituents is 1. The summed E-state index contributed by atoms with van der Waals surface area (Å²) in [7, 11) is 0. The molecule has 76 heavy (non-hydrogen) atoms. The third-order valence-electron chi connectivity index (χ3n) is 18.2. The van der Waals surface area contributed by atoms with E-state index >= 15 is 0 Å². The number of amides is 2. The molecule has 2 amide bonds. The zero-order valence-electron chi connectivity index (χ0n) is 47.8. The maximum Gasteiger partial charge on any atom is 0.300 e. The van der Waals surface area contributed by atoms with Crippen LogP contribution >= 0.6 is 0 Å². The van der Waals surface area contributed by atoms with Gasteiger partial charge in [-0.05, 0) is 174 Å². The molecule has 1 aromatic heterocycles. The third kappa shape index (κ3) is 17.4.